The molecule has 0 aliphatic carbocycles. The van der Waals surface area contributed by atoms with E-state index in [1.54, 1.807) is 7.11 Å². The van der Waals surface area contributed by atoms with Crippen molar-refractivity contribution in [2.45, 2.75) is 24.3 Å². The smallest absolute Gasteiger partial charge is 0.224 e. The summed E-state index contributed by atoms with van der Waals surface area (Å²) in [5.74, 6) is 1.08. The Morgan fingerprint density at radius 3 is 2.47 bits per heavy atom. The van der Waals surface area contributed by atoms with Crippen molar-refractivity contribution in [3.63, 3.8) is 0 Å². The Morgan fingerprint density at radius 1 is 1.10 bits per heavy atom. The molecule has 2 atom stereocenters. The van der Waals surface area contributed by atoms with Crippen LogP contribution in [-0.4, -0.2) is 49.4 Å². The van der Waals surface area contributed by atoms with Crippen LogP contribution in [0.15, 0.2) is 53.5 Å². The molecular weight excluding hydrogens is 422 g/mol. The summed E-state index contributed by atoms with van der Waals surface area (Å²) in [5.41, 5.74) is 2.79. The summed E-state index contributed by atoms with van der Waals surface area (Å²) in [6.07, 6.45) is 0.300. The molecule has 2 aromatic carbocycles. The zero-order valence-corrected chi connectivity index (χ0v) is 18.1. The number of fused-ring (bicyclic) bond motifs is 1. The van der Waals surface area contributed by atoms with Gasteiger partial charge in [-0.2, -0.15) is 0 Å². The van der Waals surface area contributed by atoms with E-state index in [1.807, 2.05) is 48.5 Å². The topological polar surface area (TPSA) is 96.9 Å². The third-order valence-corrected chi connectivity index (χ3v) is 8.18. The number of amidine groups is 1. The van der Waals surface area contributed by atoms with Crippen molar-refractivity contribution in [2.24, 2.45) is 4.99 Å². The molecule has 2 aliphatic heterocycles. The van der Waals surface area contributed by atoms with Crippen LogP contribution in [0, 0.1) is 0 Å². The van der Waals surface area contributed by atoms with Crippen LogP contribution in [0.25, 0.3) is 0 Å². The second-order valence-corrected chi connectivity index (χ2v) is 10.7. The number of nitrogens with zero attached hydrogens (tertiary/aromatic N) is 1. The number of hydrogen-bond acceptors (Lipinski definition) is 7. The van der Waals surface area contributed by atoms with Crippen LogP contribution >= 0.6 is 11.8 Å². The van der Waals surface area contributed by atoms with Gasteiger partial charge >= 0.3 is 0 Å². The molecular formula is C21H23N3O4S2. The highest BCUT2D eigenvalue weighted by molar-refractivity contribution is 8.15. The van der Waals surface area contributed by atoms with Crippen molar-refractivity contribution in [1.29, 1.82) is 0 Å². The third kappa shape index (κ3) is 5.14. The number of nitrogens with one attached hydrogen (secondary N) is 2. The normalized spacial score (nSPS) is 21.6. The van der Waals surface area contributed by atoms with Crippen molar-refractivity contribution in [2.75, 3.05) is 23.9 Å². The Morgan fingerprint density at radius 2 is 1.80 bits per heavy atom. The van der Waals surface area contributed by atoms with E-state index < -0.39 is 9.84 Å². The minimum atomic E-state index is -2.94. The van der Waals surface area contributed by atoms with Gasteiger partial charge in [0.05, 0.1) is 31.1 Å². The molecule has 7 nitrogen and oxygen atoms in total. The van der Waals surface area contributed by atoms with Crippen molar-refractivity contribution in [3.8, 4) is 5.75 Å². The summed E-state index contributed by atoms with van der Waals surface area (Å²) in [6.45, 7) is 0.470. The van der Waals surface area contributed by atoms with Gasteiger partial charge in [-0.1, -0.05) is 36.0 Å². The van der Waals surface area contributed by atoms with Crippen molar-refractivity contribution in [3.05, 3.63) is 59.7 Å². The van der Waals surface area contributed by atoms with Gasteiger partial charge in [-0.05, 0) is 35.4 Å². The van der Waals surface area contributed by atoms with Gasteiger partial charge < -0.3 is 15.4 Å². The lowest BCUT2D eigenvalue weighted by Crippen LogP contribution is -2.24. The Balaban J connectivity index is 1.26. The number of anilines is 1. The quantitative estimate of drug-likeness (QED) is 0.708. The molecule has 1 amide bonds. The first-order valence-corrected chi connectivity index (χ1v) is 12.3. The first kappa shape index (κ1) is 20.7. The predicted molar refractivity (Wildman–Crippen MR) is 120 cm³/mol. The number of aliphatic imine (C=N–C) groups is 1. The van der Waals surface area contributed by atoms with E-state index in [0.29, 0.717) is 13.0 Å². The molecule has 0 saturated carbocycles. The van der Waals surface area contributed by atoms with Gasteiger partial charge in [0.25, 0.3) is 0 Å². The first-order chi connectivity index (χ1) is 14.4. The maximum atomic E-state index is 12.2. The summed E-state index contributed by atoms with van der Waals surface area (Å²) < 4.78 is 28.4. The number of hydrogen-bond donors (Lipinski definition) is 2. The van der Waals surface area contributed by atoms with Crippen LogP contribution in [0.5, 0.6) is 5.75 Å². The number of methoxy groups -OCH3 is 1. The monoisotopic (exact) mass is 445 g/mol. The van der Waals surface area contributed by atoms with Gasteiger partial charge in [-0.25, -0.2) is 8.42 Å². The van der Waals surface area contributed by atoms with E-state index >= 15 is 0 Å². The molecule has 158 valence electrons. The van der Waals surface area contributed by atoms with Crippen LogP contribution in [0.2, 0.25) is 0 Å². The third-order valence-electron chi connectivity index (χ3n) is 5.04. The Hall–Kier alpha value is -2.52. The average molecular weight is 446 g/mol. The minimum absolute atomic E-state index is 0.0196. The van der Waals surface area contributed by atoms with Crippen molar-refractivity contribution >= 4 is 38.4 Å². The van der Waals surface area contributed by atoms with Gasteiger partial charge in [-0.3, -0.25) is 9.79 Å². The molecule has 1 fully saturated rings. The highest BCUT2D eigenvalue weighted by atomic mass is 32.2. The summed E-state index contributed by atoms with van der Waals surface area (Å²) in [5, 5.41) is 6.94. The Bertz CT molecular complexity index is 1050. The standard InChI is InChI=1S/C21H23N3O4S2/c1-28-17-8-4-15(5-9-17)11-22-20(25)10-14-2-6-16(7-3-14)23-21-24-18-12-30(26,27)13-19(18)29-21/h2-9,18-19H,10-13H2,1H3,(H,22,25)(H,23,24). The van der Waals surface area contributed by atoms with Gasteiger partial charge in [0.2, 0.25) is 5.91 Å². The van der Waals surface area contributed by atoms with E-state index in [4.69, 9.17) is 4.74 Å². The molecule has 0 spiro atoms. The number of rotatable bonds is 6. The number of benzene rings is 2. The maximum Gasteiger partial charge on any atom is 0.224 e. The fourth-order valence-corrected chi connectivity index (χ4v) is 7.11. The molecule has 2 aromatic rings. The number of carbonyl (C=O) groups is 1. The van der Waals surface area contributed by atoms with E-state index in [-0.39, 0.29) is 28.7 Å². The SMILES string of the molecule is COc1ccc(CNC(=O)Cc2ccc(NC3=NC4CS(=O)(=O)CC4S3)cc2)cc1. The number of thioether (sulfide) groups is 1. The maximum absolute atomic E-state index is 12.2. The molecule has 4 rings (SSSR count). The first-order valence-electron chi connectivity index (χ1n) is 9.61. The summed E-state index contributed by atoms with van der Waals surface area (Å²) >= 11 is 1.49. The lowest BCUT2D eigenvalue weighted by atomic mass is 10.1. The summed E-state index contributed by atoms with van der Waals surface area (Å²) in [7, 11) is -1.32. The fraction of sp³-hybridized carbons (Fsp3) is 0.333. The highest BCUT2D eigenvalue weighted by Crippen LogP contribution is 2.34. The minimum Gasteiger partial charge on any atom is -0.497 e. The molecule has 2 heterocycles. The molecule has 0 bridgehead atoms. The number of ether oxygens (including phenoxy) is 1. The summed E-state index contributed by atoms with van der Waals surface area (Å²) in [4.78, 5) is 16.7. The highest BCUT2D eigenvalue weighted by Gasteiger charge is 2.42. The predicted octanol–water partition coefficient (Wildman–Crippen LogP) is 2.23. The Labute approximate surface area is 180 Å². The number of carbonyl (C=O) groups excluding carboxylic acids is 1. The molecule has 30 heavy (non-hydrogen) atoms. The number of sulfone groups is 1. The molecule has 2 aliphatic rings. The van der Waals surface area contributed by atoms with Crippen molar-refractivity contribution in [1.82, 2.24) is 5.32 Å². The van der Waals surface area contributed by atoms with Crippen LogP contribution < -0.4 is 15.4 Å². The van der Waals surface area contributed by atoms with E-state index in [0.717, 1.165) is 27.7 Å². The molecule has 2 unspecified atom stereocenters. The van der Waals surface area contributed by atoms with Crippen molar-refractivity contribution < 1.29 is 17.9 Å². The zero-order valence-electron chi connectivity index (χ0n) is 16.5. The lowest BCUT2D eigenvalue weighted by molar-refractivity contribution is -0.120. The number of amides is 1. The van der Waals surface area contributed by atoms with E-state index in [2.05, 4.69) is 15.6 Å². The molecule has 1 saturated heterocycles. The largest absolute Gasteiger partial charge is 0.497 e. The van der Waals surface area contributed by atoms with Crippen LogP contribution in [0.1, 0.15) is 11.1 Å². The second-order valence-electron chi connectivity index (χ2n) is 7.36. The molecule has 2 N–H and O–H groups in total. The van der Waals surface area contributed by atoms with E-state index in [1.165, 1.54) is 11.8 Å². The summed E-state index contributed by atoms with van der Waals surface area (Å²) in [6, 6.07) is 15.1. The van der Waals surface area contributed by atoms with Gasteiger partial charge in [-0.15, -0.1) is 0 Å². The van der Waals surface area contributed by atoms with Gasteiger partial charge in [0.1, 0.15) is 5.75 Å². The zero-order chi connectivity index (χ0) is 21.1. The fourth-order valence-electron chi connectivity index (χ4n) is 3.44. The lowest BCUT2D eigenvalue weighted by Gasteiger charge is -2.09. The average Bonchev–Trinajstić information content (AvgIpc) is 3.20. The molecule has 0 aromatic heterocycles. The van der Waals surface area contributed by atoms with Crippen LogP contribution in [0.3, 0.4) is 0 Å². The van der Waals surface area contributed by atoms with Crippen LogP contribution in [0.4, 0.5) is 5.69 Å². The van der Waals surface area contributed by atoms with E-state index in [9.17, 15) is 13.2 Å². The van der Waals surface area contributed by atoms with Crippen LogP contribution in [-0.2, 0) is 27.6 Å². The second kappa shape index (κ2) is 8.69. The Kier molecular flexibility index (Phi) is 6.01. The molecule has 0 radical (unpaired) electrons. The molecule has 9 heteroatoms. The van der Waals surface area contributed by atoms with Gasteiger partial charge in [0.15, 0.2) is 15.0 Å². The van der Waals surface area contributed by atoms with Gasteiger partial charge in [0, 0.05) is 17.5 Å².